The van der Waals surface area contributed by atoms with Crippen molar-refractivity contribution in [3.8, 4) is 5.75 Å². The summed E-state index contributed by atoms with van der Waals surface area (Å²) < 4.78 is 11.0. The molecule has 0 fully saturated rings. The molecule has 0 heterocycles. The Kier molecular flexibility index (Phi) is 6.69. The van der Waals surface area contributed by atoms with Crippen LogP contribution in [0.15, 0.2) is 24.3 Å². The average molecular weight is 293 g/mol. The first kappa shape index (κ1) is 17.5. The number of ether oxygens (including phenoxy) is 2. The van der Waals surface area contributed by atoms with Crippen molar-refractivity contribution < 1.29 is 14.3 Å². The molecular weight excluding hydrogens is 266 g/mol. The average Bonchev–Trinajstić information content (AvgIpc) is 2.45. The Morgan fingerprint density at radius 1 is 1.33 bits per heavy atom. The van der Waals surface area contributed by atoms with Gasteiger partial charge in [0.25, 0.3) is 0 Å². The lowest BCUT2D eigenvalue weighted by Crippen LogP contribution is -2.57. The van der Waals surface area contributed by atoms with Gasteiger partial charge in [0.1, 0.15) is 17.9 Å². The van der Waals surface area contributed by atoms with E-state index in [1.165, 1.54) is 5.56 Å². The fourth-order valence-corrected chi connectivity index (χ4v) is 2.17. The zero-order chi connectivity index (χ0) is 15.9. The molecule has 1 atom stereocenters. The van der Waals surface area contributed by atoms with E-state index in [-0.39, 0.29) is 18.6 Å². The van der Waals surface area contributed by atoms with E-state index in [0.29, 0.717) is 6.61 Å². The van der Waals surface area contributed by atoms with Crippen LogP contribution in [0.5, 0.6) is 5.75 Å². The molecule has 21 heavy (non-hydrogen) atoms. The molecule has 0 spiro atoms. The maximum absolute atomic E-state index is 12.2. The summed E-state index contributed by atoms with van der Waals surface area (Å²) in [6.45, 7) is 10.3. The number of carbonyl (C=O) groups is 1. The smallest absolute Gasteiger partial charge is 0.329 e. The van der Waals surface area contributed by atoms with Crippen LogP contribution in [0.3, 0.4) is 0 Å². The number of esters is 1. The second kappa shape index (κ2) is 8.03. The first-order valence-corrected chi connectivity index (χ1v) is 7.58. The van der Waals surface area contributed by atoms with Crippen molar-refractivity contribution in [2.75, 3.05) is 13.2 Å². The normalized spacial score (nSPS) is 13.8. The Hall–Kier alpha value is -1.55. The molecule has 0 aliphatic heterocycles. The Balaban J connectivity index is 2.78. The monoisotopic (exact) mass is 293 g/mol. The molecule has 0 amide bonds. The zero-order valence-corrected chi connectivity index (χ0v) is 13.7. The quantitative estimate of drug-likeness (QED) is 0.749. The number of hydrogen-bond donors (Lipinski definition) is 1. The van der Waals surface area contributed by atoms with Gasteiger partial charge in [0, 0.05) is 6.04 Å². The summed E-state index contributed by atoms with van der Waals surface area (Å²) in [5, 5.41) is 3.24. The summed E-state index contributed by atoms with van der Waals surface area (Å²) in [5.74, 6) is 0.487. The van der Waals surface area contributed by atoms with Crippen molar-refractivity contribution in [3.05, 3.63) is 29.8 Å². The van der Waals surface area contributed by atoms with E-state index in [9.17, 15) is 4.79 Å². The van der Waals surface area contributed by atoms with Crippen molar-refractivity contribution >= 4 is 5.97 Å². The van der Waals surface area contributed by atoms with Crippen molar-refractivity contribution in [2.24, 2.45) is 0 Å². The molecule has 1 N–H and O–H groups in total. The van der Waals surface area contributed by atoms with Gasteiger partial charge in [-0.15, -0.1) is 0 Å². The lowest BCUT2D eigenvalue weighted by Gasteiger charge is -2.30. The Labute approximate surface area is 127 Å². The maximum Gasteiger partial charge on any atom is 0.329 e. The summed E-state index contributed by atoms with van der Waals surface area (Å²) >= 11 is 0. The number of nitrogens with one attached hydrogen (secondary N) is 1. The first-order chi connectivity index (χ1) is 9.91. The van der Waals surface area contributed by atoms with Crippen LogP contribution in [0, 0.1) is 0 Å². The first-order valence-electron chi connectivity index (χ1n) is 7.58. The van der Waals surface area contributed by atoms with E-state index in [0.717, 1.165) is 12.2 Å². The molecule has 0 bridgehead atoms. The van der Waals surface area contributed by atoms with Crippen LogP contribution < -0.4 is 10.1 Å². The van der Waals surface area contributed by atoms with Crippen molar-refractivity contribution in [3.63, 3.8) is 0 Å². The second-order valence-electron chi connectivity index (χ2n) is 5.64. The Morgan fingerprint density at radius 2 is 2.05 bits per heavy atom. The number of aryl methyl sites for hydroxylation is 1. The third-order valence-corrected chi connectivity index (χ3v) is 3.17. The van der Waals surface area contributed by atoms with Gasteiger partial charge in [0.15, 0.2) is 0 Å². The van der Waals surface area contributed by atoms with Crippen LogP contribution in [0.1, 0.15) is 40.2 Å². The second-order valence-corrected chi connectivity index (χ2v) is 5.64. The molecule has 4 nitrogen and oxygen atoms in total. The highest BCUT2D eigenvalue weighted by Crippen LogP contribution is 2.17. The van der Waals surface area contributed by atoms with E-state index in [1.807, 2.05) is 39.0 Å². The number of rotatable bonds is 8. The van der Waals surface area contributed by atoms with Gasteiger partial charge in [0.05, 0.1) is 6.61 Å². The highest BCUT2D eigenvalue weighted by Gasteiger charge is 2.36. The predicted octanol–water partition coefficient (Wildman–Crippen LogP) is 2.95. The SMILES string of the molecule is CCOC(=O)C(C)(COc1cccc(CC)c1)NC(C)C. The lowest BCUT2D eigenvalue weighted by atomic mass is 10.0. The molecule has 0 aliphatic carbocycles. The van der Waals surface area contributed by atoms with Crippen LogP contribution in [0.2, 0.25) is 0 Å². The van der Waals surface area contributed by atoms with Crippen LogP contribution in [-0.2, 0) is 16.0 Å². The fourth-order valence-electron chi connectivity index (χ4n) is 2.17. The molecule has 1 aromatic carbocycles. The van der Waals surface area contributed by atoms with Gasteiger partial charge >= 0.3 is 5.97 Å². The third kappa shape index (κ3) is 5.38. The number of benzene rings is 1. The molecule has 1 rings (SSSR count). The van der Waals surface area contributed by atoms with E-state index in [2.05, 4.69) is 18.3 Å². The molecule has 0 aliphatic rings. The minimum atomic E-state index is -0.855. The van der Waals surface area contributed by atoms with Crippen molar-refractivity contribution in [2.45, 2.75) is 52.6 Å². The number of carbonyl (C=O) groups excluding carboxylic acids is 1. The zero-order valence-electron chi connectivity index (χ0n) is 13.7. The van der Waals surface area contributed by atoms with Gasteiger partial charge in [-0.25, -0.2) is 4.79 Å². The standard InChI is InChI=1S/C17H27NO3/c1-6-14-9-8-10-15(11-14)21-12-17(5,18-13(3)4)16(19)20-7-2/h8-11,13,18H,6-7,12H2,1-5H3. The molecule has 1 unspecified atom stereocenters. The van der Waals surface area contributed by atoms with Crippen molar-refractivity contribution in [1.29, 1.82) is 0 Å². The lowest BCUT2D eigenvalue weighted by molar-refractivity contribution is -0.152. The third-order valence-electron chi connectivity index (χ3n) is 3.17. The van der Waals surface area contributed by atoms with Crippen LogP contribution >= 0.6 is 0 Å². The summed E-state index contributed by atoms with van der Waals surface area (Å²) in [6.07, 6.45) is 0.955. The summed E-state index contributed by atoms with van der Waals surface area (Å²) in [7, 11) is 0. The highest BCUT2D eigenvalue weighted by atomic mass is 16.5. The van der Waals surface area contributed by atoms with Gasteiger partial charge in [-0.05, 0) is 51.8 Å². The summed E-state index contributed by atoms with van der Waals surface area (Å²) in [4.78, 5) is 12.2. The van der Waals surface area contributed by atoms with Gasteiger partial charge in [0.2, 0.25) is 0 Å². The topological polar surface area (TPSA) is 47.6 Å². The molecule has 0 saturated heterocycles. The van der Waals surface area contributed by atoms with E-state index < -0.39 is 5.54 Å². The molecular formula is C17H27NO3. The van der Waals surface area contributed by atoms with Gasteiger partial charge in [-0.1, -0.05) is 19.1 Å². The molecule has 0 saturated carbocycles. The van der Waals surface area contributed by atoms with Crippen LogP contribution in [0.25, 0.3) is 0 Å². The summed E-state index contributed by atoms with van der Waals surface area (Å²) in [6, 6.07) is 8.08. The molecule has 0 aromatic heterocycles. The molecule has 0 radical (unpaired) electrons. The summed E-state index contributed by atoms with van der Waals surface area (Å²) in [5.41, 5.74) is 0.356. The van der Waals surface area contributed by atoms with Crippen molar-refractivity contribution in [1.82, 2.24) is 5.32 Å². The van der Waals surface area contributed by atoms with E-state index >= 15 is 0 Å². The van der Waals surface area contributed by atoms with Gasteiger partial charge in [-0.2, -0.15) is 0 Å². The minimum absolute atomic E-state index is 0.157. The van der Waals surface area contributed by atoms with Gasteiger partial charge in [-0.3, -0.25) is 5.32 Å². The predicted molar refractivity (Wildman–Crippen MR) is 84.6 cm³/mol. The molecule has 1 aromatic rings. The maximum atomic E-state index is 12.2. The van der Waals surface area contributed by atoms with Crippen LogP contribution in [0.4, 0.5) is 0 Å². The van der Waals surface area contributed by atoms with E-state index in [1.54, 1.807) is 6.92 Å². The molecule has 4 heteroatoms. The van der Waals surface area contributed by atoms with E-state index in [4.69, 9.17) is 9.47 Å². The highest BCUT2D eigenvalue weighted by molar-refractivity contribution is 5.80. The molecule has 118 valence electrons. The Morgan fingerprint density at radius 3 is 2.62 bits per heavy atom. The Bertz CT molecular complexity index is 459. The van der Waals surface area contributed by atoms with Crippen LogP contribution in [-0.4, -0.2) is 30.8 Å². The minimum Gasteiger partial charge on any atom is -0.491 e. The number of hydrogen-bond acceptors (Lipinski definition) is 4. The van der Waals surface area contributed by atoms with Gasteiger partial charge < -0.3 is 9.47 Å². The fraction of sp³-hybridized carbons (Fsp3) is 0.588. The largest absolute Gasteiger partial charge is 0.491 e.